The minimum atomic E-state index is 0. The summed E-state index contributed by atoms with van der Waals surface area (Å²) in [6.45, 7) is 6.22. The second-order valence-corrected chi connectivity index (χ2v) is 8.48. The monoisotopic (exact) mass is 546 g/mol. The van der Waals surface area contributed by atoms with E-state index in [1.54, 1.807) is 0 Å². The van der Waals surface area contributed by atoms with Gasteiger partial charge in [-0.2, -0.15) is 30.0 Å². The van der Waals surface area contributed by atoms with E-state index in [0.29, 0.717) is 0 Å². The molecule has 0 aliphatic carbocycles. The summed E-state index contributed by atoms with van der Waals surface area (Å²) in [6.07, 6.45) is 3.41. The number of hydrogen-bond acceptors (Lipinski definition) is 2. The summed E-state index contributed by atoms with van der Waals surface area (Å²) in [7, 11) is 2.12. The summed E-state index contributed by atoms with van der Waals surface area (Å²) < 4.78 is 4.90. The maximum Gasteiger partial charge on any atom is 0.175 e. The summed E-state index contributed by atoms with van der Waals surface area (Å²) in [5, 5.41) is 2.68. The molecule has 147 valence electrons. The second-order valence-electron chi connectivity index (χ2n) is 6.29. The van der Waals surface area contributed by atoms with Crippen molar-refractivity contribution in [2.45, 2.75) is 32.1 Å². The van der Waals surface area contributed by atoms with E-state index in [9.17, 15) is 0 Å². The van der Waals surface area contributed by atoms with Gasteiger partial charge in [0.05, 0.1) is 5.56 Å². The first-order valence-corrected chi connectivity index (χ1v) is 11.7. The molecule has 1 nitrogen and oxygen atoms in total. The molecule has 0 atom stereocenters. The third-order valence-electron chi connectivity index (χ3n) is 4.38. The van der Waals surface area contributed by atoms with Gasteiger partial charge in [0.25, 0.3) is 0 Å². The van der Waals surface area contributed by atoms with Crippen molar-refractivity contribution in [3.63, 3.8) is 0 Å². The first-order chi connectivity index (χ1) is 13.8. The Labute approximate surface area is 216 Å². The van der Waals surface area contributed by atoms with Crippen LogP contribution in [0.15, 0.2) is 65.6 Å². The Morgan fingerprint density at radius 1 is 1.00 bits per heavy atom. The molecule has 0 aliphatic rings. The molecule has 4 aromatic rings. The van der Waals surface area contributed by atoms with E-state index in [4.69, 9.17) is 0 Å². The third-order valence-corrected chi connectivity index (χ3v) is 6.87. The van der Waals surface area contributed by atoms with E-state index in [2.05, 4.69) is 85.4 Å². The van der Waals surface area contributed by atoms with E-state index >= 15 is 0 Å². The van der Waals surface area contributed by atoms with Crippen LogP contribution in [0.25, 0.3) is 20.2 Å². The van der Waals surface area contributed by atoms with Crippen LogP contribution in [-0.2, 0) is 0 Å². The van der Waals surface area contributed by atoms with Gasteiger partial charge >= 0.3 is 0 Å². The molecule has 0 unspecified atom stereocenters. The molecule has 3 aromatic carbocycles. The van der Waals surface area contributed by atoms with Crippen molar-refractivity contribution in [2.75, 3.05) is 12.8 Å². The predicted molar refractivity (Wildman–Crippen MR) is 128 cm³/mol. The number of nitrogens with zero attached hydrogens (tertiary/aromatic N) is 1. The van der Waals surface area contributed by atoms with Gasteiger partial charge in [-0.05, 0) is 29.2 Å². The van der Waals surface area contributed by atoms with Crippen molar-refractivity contribution >= 4 is 55.2 Å². The van der Waals surface area contributed by atoms with Crippen LogP contribution in [0, 0.1) is 47.4 Å². The van der Waals surface area contributed by atoms with Crippen molar-refractivity contribution in [3.05, 3.63) is 72.3 Å². The summed E-state index contributed by atoms with van der Waals surface area (Å²) in [4.78, 5) is 1.29. The Hall–Kier alpha value is -0.736. The smallest absolute Gasteiger partial charge is 0.175 e. The SMILES string of the molecule is CC.CCCSc1ccc[c-]c1[N+](C)=Cc1cccc2c1sc1ccccc12.[Pr]. The van der Waals surface area contributed by atoms with Crippen LogP contribution in [0.2, 0.25) is 0 Å². The molecule has 0 spiro atoms. The number of benzene rings is 3. The minimum Gasteiger partial charge on any atom is -0.222 e. The van der Waals surface area contributed by atoms with Gasteiger partial charge in [-0.3, -0.25) is 0 Å². The molecule has 29 heavy (non-hydrogen) atoms. The quantitative estimate of drug-likeness (QED) is 0.107. The molecule has 0 bridgehead atoms. The van der Waals surface area contributed by atoms with Gasteiger partial charge in [-0.15, -0.1) is 17.4 Å². The van der Waals surface area contributed by atoms with Crippen LogP contribution in [-0.4, -0.2) is 23.6 Å². The molecule has 0 amide bonds. The van der Waals surface area contributed by atoms with E-state index in [1.165, 1.54) is 37.1 Å². The third kappa shape index (κ3) is 5.70. The molecule has 1 radical (unpaired) electrons. The number of rotatable bonds is 5. The van der Waals surface area contributed by atoms with Crippen LogP contribution >= 0.6 is 23.1 Å². The minimum absolute atomic E-state index is 0. The molecule has 0 N–H and O–H groups in total. The average Bonchev–Trinajstić information content (AvgIpc) is 3.14. The van der Waals surface area contributed by atoms with Crippen molar-refractivity contribution in [2.24, 2.45) is 0 Å². The second kappa shape index (κ2) is 12.2. The zero-order valence-electron chi connectivity index (χ0n) is 17.6. The Kier molecular flexibility index (Phi) is 10.3. The maximum absolute atomic E-state index is 3.42. The Bertz CT molecular complexity index is 1100. The van der Waals surface area contributed by atoms with Crippen LogP contribution < -0.4 is 0 Å². The van der Waals surface area contributed by atoms with Crippen molar-refractivity contribution in [1.82, 2.24) is 0 Å². The van der Waals surface area contributed by atoms with Crippen LogP contribution in [0.1, 0.15) is 32.8 Å². The Balaban J connectivity index is 0.000000970. The van der Waals surface area contributed by atoms with E-state index in [0.717, 1.165) is 11.4 Å². The summed E-state index contributed by atoms with van der Waals surface area (Å²) in [5.74, 6) is 1.13. The molecule has 4 heteroatoms. The predicted octanol–water partition coefficient (Wildman–Crippen LogP) is 7.78. The van der Waals surface area contributed by atoms with Crippen molar-refractivity contribution in [1.29, 1.82) is 0 Å². The Morgan fingerprint density at radius 3 is 2.55 bits per heavy atom. The normalized spacial score (nSPS) is 11.1. The molecule has 1 aromatic heterocycles. The number of fused-ring (bicyclic) bond motifs is 3. The van der Waals surface area contributed by atoms with Gasteiger partial charge in [-0.25, -0.2) is 4.58 Å². The zero-order valence-corrected chi connectivity index (χ0v) is 22.9. The fourth-order valence-corrected chi connectivity index (χ4v) is 5.28. The molecule has 1 heterocycles. The van der Waals surface area contributed by atoms with Crippen LogP contribution in [0.4, 0.5) is 5.69 Å². The van der Waals surface area contributed by atoms with Gasteiger partial charge in [0.2, 0.25) is 0 Å². The molecule has 4 rings (SSSR count). The molecular weight excluding hydrogens is 519 g/mol. The zero-order chi connectivity index (χ0) is 19.9. The molecule has 0 aliphatic heterocycles. The summed E-state index contributed by atoms with van der Waals surface area (Å²) in [5.41, 5.74) is 2.40. The number of para-hydroxylation sites is 1. The summed E-state index contributed by atoms with van der Waals surface area (Å²) >= 11 is 3.77. The topological polar surface area (TPSA) is 3.01 Å². The van der Waals surface area contributed by atoms with Crippen LogP contribution in [0.3, 0.4) is 0 Å². The van der Waals surface area contributed by atoms with Gasteiger partial charge in [0, 0.05) is 61.5 Å². The van der Waals surface area contributed by atoms with E-state index in [-0.39, 0.29) is 41.3 Å². The largest absolute Gasteiger partial charge is 0.222 e. The molecule has 0 saturated carbocycles. The number of thiophene rings is 1. The number of thioether (sulfide) groups is 1. The standard InChI is InChI=1S/C23H21NS2.C2H6.Pr/c1-3-15-25-22-14-7-5-12-20(22)24(2)16-17-9-8-11-19-18-10-4-6-13-21(18)26-23(17)19;1-2;/h4-11,13-14,16H,3,15H2,1-2H3;1-2H3;. The summed E-state index contributed by atoms with van der Waals surface area (Å²) in [6, 6.07) is 24.9. The van der Waals surface area contributed by atoms with E-state index in [1.807, 2.05) is 43.0 Å². The first kappa shape index (κ1) is 24.5. The van der Waals surface area contributed by atoms with Crippen LogP contribution in [0.5, 0.6) is 0 Å². The maximum atomic E-state index is 3.42. The van der Waals surface area contributed by atoms with Gasteiger partial charge in [-0.1, -0.05) is 51.1 Å². The Morgan fingerprint density at radius 2 is 1.76 bits per heavy atom. The van der Waals surface area contributed by atoms with Crippen molar-refractivity contribution < 1.29 is 45.9 Å². The van der Waals surface area contributed by atoms with Crippen molar-refractivity contribution in [3.8, 4) is 0 Å². The van der Waals surface area contributed by atoms with Gasteiger partial charge < -0.3 is 0 Å². The molecular formula is C25H27NPrS2. The number of hydrogen-bond donors (Lipinski definition) is 0. The van der Waals surface area contributed by atoms with Gasteiger partial charge in [0.1, 0.15) is 12.7 Å². The molecule has 0 saturated heterocycles. The fourth-order valence-electron chi connectivity index (χ4n) is 3.16. The fraction of sp³-hybridized carbons (Fsp3) is 0.240. The first-order valence-electron chi connectivity index (χ1n) is 9.89. The average molecular weight is 547 g/mol. The van der Waals surface area contributed by atoms with Gasteiger partial charge in [0.15, 0.2) is 6.21 Å². The molecule has 0 fully saturated rings. The van der Waals surface area contributed by atoms with E-state index < -0.39 is 0 Å².